The summed E-state index contributed by atoms with van der Waals surface area (Å²) in [6.45, 7) is -0.417. The highest BCUT2D eigenvalue weighted by Crippen LogP contribution is 2.25. The van der Waals surface area contributed by atoms with Crippen molar-refractivity contribution in [2.24, 2.45) is 0 Å². The van der Waals surface area contributed by atoms with Crippen LogP contribution in [0, 0.1) is 0 Å². The van der Waals surface area contributed by atoms with Gasteiger partial charge in [0.05, 0.1) is 17.8 Å². The van der Waals surface area contributed by atoms with E-state index in [4.69, 9.17) is 21.1 Å². The summed E-state index contributed by atoms with van der Waals surface area (Å²) in [5.74, 6) is -0.727. The van der Waals surface area contributed by atoms with Crippen molar-refractivity contribution in [2.75, 3.05) is 24.4 Å². The van der Waals surface area contributed by atoms with E-state index in [0.717, 1.165) is 0 Å². The van der Waals surface area contributed by atoms with Crippen LogP contribution in [0.3, 0.4) is 0 Å². The van der Waals surface area contributed by atoms with Gasteiger partial charge in [0, 0.05) is 23.0 Å². The van der Waals surface area contributed by atoms with E-state index in [1.54, 1.807) is 42.5 Å². The quantitative estimate of drug-likeness (QED) is 0.516. The van der Waals surface area contributed by atoms with Crippen molar-refractivity contribution in [3.63, 3.8) is 0 Å². The highest BCUT2D eigenvalue weighted by atomic mass is 79.9. The Morgan fingerprint density at radius 3 is 2.52 bits per heavy atom. The van der Waals surface area contributed by atoms with Gasteiger partial charge in [0.1, 0.15) is 5.75 Å². The third-order valence-electron chi connectivity index (χ3n) is 3.73. The topological polar surface area (TPSA) is 93.7 Å². The molecule has 0 spiro atoms. The fourth-order valence-electron chi connectivity index (χ4n) is 2.34. The molecule has 2 aromatic carbocycles. The summed E-state index contributed by atoms with van der Waals surface area (Å²) < 4.78 is 10.8. The van der Waals surface area contributed by atoms with Gasteiger partial charge in [-0.05, 0) is 52.7 Å². The number of anilines is 2. The number of rotatable bonds is 9. The molecule has 0 aliphatic rings. The molecule has 29 heavy (non-hydrogen) atoms. The van der Waals surface area contributed by atoms with Crippen LogP contribution < -0.4 is 15.4 Å². The number of amides is 2. The summed E-state index contributed by atoms with van der Waals surface area (Å²) in [7, 11) is 1.52. The Hall–Kier alpha value is -2.58. The molecule has 7 nitrogen and oxygen atoms in total. The predicted molar refractivity (Wildman–Crippen MR) is 114 cm³/mol. The normalized spacial score (nSPS) is 10.2. The van der Waals surface area contributed by atoms with Crippen LogP contribution in [0.15, 0.2) is 46.9 Å². The number of hydrogen-bond donors (Lipinski definition) is 2. The number of para-hydroxylation sites is 2. The first-order valence-electron chi connectivity index (χ1n) is 8.72. The summed E-state index contributed by atoms with van der Waals surface area (Å²) >= 11 is 9.21. The first kappa shape index (κ1) is 22.7. The van der Waals surface area contributed by atoms with Crippen LogP contribution in [0.2, 0.25) is 5.02 Å². The van der Waals surface area contributed by atoms with Crippen LogP contribution in [-0.2, 0) is 19.1 Å². The van der Waals surface area contributed by atoms with Gasteiger partial charge in [0.25, 0.3) is 5.91 Å². The molecule has 0 saturated heterocycles. The van der Waals surface area contributed by atoms with Gasteiger partial charge in [-0.2, -0.15) is 0 Å². The van der Waals surface area contributed by atoms with E-state index in [2.05, 4.69) is 26.6 Å². The maximum Gasteiger partial charge on any atom is 0.306 e. The van der Waals surface area contributed by atoms with Crippen molar-refractivity contribution in [2.45, 2.75) is 19.3 Å². The molecule has 154 valence electrons. The third-order valence-corrected chi connectivity index (χ3v) is 4.97. The second-order valence-corrected chi connectivity index (χ2v) is 7.20. The first-order valence-corrected chi connectivity index (χ1v) is 9.89. The molecule has 2 N–H and O–H groups in total. The summed E-state index contributed by atoms with van der Waals surface area (Å²) in [6, 6.07) is 12.0. The van der Waals surface area contributed by atoms with Crippen LogP contribution >= 0.6 is 27.5 Å². The monoisotopic (exact) mass is 482 g/mol. The van der Waals surface area contributed by atoms with Crippen LogP contribution in [0.5, 0.6) is 5.75 Å². The summed E-state index contributed by atoms with van der Waals surface area (Å²) in [5.41, 5.74) is 1.06. The Balaban J connectivity index is 1.66. The molecule has 0 atom stereocenters. The van der Waals surface area contributed by atoms with E-state index in [0.29, 0.717) is 33.0 Å². The van der Waals surface area contributed by atoms with Crippen molar-refractivity contribution >= 4 is 56.7 Å². The average Bonchev–Trinajstić information content (AvgIpc) is 2.69. The summed E-state index contributed by atoms with van der Waals surface area (Å²) in [6.07, 6.45) is 0.456. The number of carbonyl (C=O) groups is 3. The fraction of sp³-hybridized carbons (Fsp3) is 0.250. The second kappa shape index (κ2) is 11.4. The predicted octanol–water partition coefficient (Wildman–Crippen LogP) is 4.40. The Bertz CT molecular complexity index is 891. The number of methoxy groups -OCH3 is 1. The lowest BCUT2D eigenvalue weighted by atomic mass is 10.2. The lowest BCUT2D eigenvalue weighted by molar-refractivity contribution is -0.147. The van der Waals surface area contributed by atoms with Crippen molar-refractivity contribution in [1.29, 1.82) is 0 Å². The van der Waals surface area contributed by atoms with Crippen molar-refractivity contribution in [1.82, 2.24) is 0 Å². The molecule has 2 amide bonds. The minimum absolute atomic E-state index is 0.0245. The van der Waals surface area contributed by atoms with Crippen LogP contribution in [-0.4, -0.2) is 31.5 Å². The van der Waals surface area contributed by atoms with Crippen LogP contribution in [0.25, 0.3) is 0 Å². The molecule has 0 saturated carbocycles. The van der Waals surface area contributed by atoms with Crippen molar-refractivity contribution in [3.05, 3.63) is 52.0 Å². The lowest BCUT2D eigenvalue weighted by Crippen LogP contribution is -2.21. The fourth-order valence-corrected chi connectivity index (χ4v) is 2.77. The van der Waals surface area contributed by atoms with Gasteiger partial charge >= 0.3 is 5.97 Å². The molecule has 9 heteroatoms. The minimum Gasteiger partial charge on any atom is -0.495 e. The Labute approximate surface area is 181 Å². The molecule has 0 aliphatic heterocycles. The first-order chi connectivity index (χ1) is 13.9. The number of hydrogen-bond acceptors (Lipinski definition) is 5. The molecule has 0 aliphatic carbocycles. The van der Waals surface area contributed by atoms with Gasteiger partial charge in [-0.15, -0.1) is 0 Å². The van der Waals surface area contributed by atoms with Gasteiger partial charge in [-0.1, -0.05) is 23.7 Å². The standard InChI is InChI=1S/C20H20BrClN2O5/c1-28-17-6-3-2-5-16(17)24-18(25)7-4-8-20(27)29-12-19(26)23-13-9-10-14(21)15(22)11-13/h2-3,5-6,9-11H,4,7-8,12H2,1H3,(H,23,26)(H,24,25). The van der Waals surface area contributed by atoms with E-state index in [1.807, 2.05) is 0 Å². The number of halogens is 2. The van der Waals surface area contributed by atoms with Crippen LogP contribution in [0.1, 0.15) is 19.3 Å². The van der Waals surface area contributed by atoms with Gasteiger partial charge in [-0.3, -0.25) is 14.4 Å². The van der Waals surface area contributed by atoms with E-state index in [9.17, 15) is 14.4 Å². The van der Waals surface area contributed by atoms with E-state index < -0.39 is 18.5 Å². The largest absolute Gasteiger partial charge is 0.495 e. The highest BCUT2D eigenvalue weighted by Gasteiger charge is 2.11. The van der Waals surface area contributed by atoms with Crippen LogP contribution in [0.4, 0.5) is 11.4 Å². The molecule has 2 aromatic rings. The number of esters is 1. The Morgan fingerprint density at radius 1 is 1.03 bits per heavy atom. The highest BCUT2D eigenvalue weighted by molar-refractivity contribution is 9.10. The van der Waals surface area contributed by atoms with E-state index in [-0.39, 0.29) is 18.7 Å². The SMILES string of the molecule is COc1ccccc1NC(=O)CCCC(=O)OCC(=O)Nc1ccc(Br)c(Cl)c1. The number of nitrogens with one attached hydrogen (secondary N) is 2. The summed E-state index contributed by atoms with van der Waals surface area (Å²) in [4.78, 5) is 35.6. The van der Waals surface area contributed by atoms with E-state index in [1.165, 1.54) is 7.11 Å². The molecule has 2 rings (SSSR count). The smallest absolute Gasteiger partial charge is 0.306 e. The molecular formula is C20H20BrClN2O5. The Kier molecular flexibility index (Phi) is 8.95. The second-order valence-electron chi connectivity index (χ2n) is 5.94. The van der Waals surface area contributed by atoms with Crippen molar-refractivity contribution in [3.8, 4) is 5.75 Å². The maximum absolute atomic E-state index is 12.0. The molecule has 0 bridgehead atoms. The lowest BCUT2D eigenvalue weighted by Gasteiger charge is -2.10. The zero-order valence-electron chi connectivity index (χ0n) is 15.7. The summed E-state index contributed by atoms with van der Waals surface area (Å²) in [5, 5.41) is 5.76. The molecule has 0 heterocycles. The van der Waals surface area contributed by atoms with E-state index >= 15 is 0 Å². The van der Waals surface area contributed by atoms with Crippen molar-refractivity contribution < 1.29 is 23.9 Å². The molecular weight excluding hydrogens is 464 g/mol. The number of ether oxygens (including phenoxy) is 2. The molecule has 0 aromatic heterocycles. The Morgan fingerprint density at radius 2 is 1.79 bits per heavy atom. The zero-order chi connectivity index (χ0) is 21.2. The third kappa shape index (κ3) is 7.75. The number of carbonyl (C=O) groups excluding carboxylic acids is 3. The van der Waals surface area contributed by atoms with Gasteiger partial charge in [-0.25, -0.2) is 0 Å². The maximum atomic E-state index is 12.0. The van der Waals surface area contributed by atoms with Gasteiger partial charge < -0.3 is 20.1 Å². The average molecular weight is 484 g/mol. The minimum atomic E-state index is -0.556. The number of benzene rings is 2. The molecule has 0 fully saturated rings. The molecule has 0 unspecified atom stereocenters. The van der Waals surface area contributed by atoms with Gasteiger partial charge in [0.2, 0.25) is 5.91 Å². The molecule has 0 radical (unpaired) electrons. The zero-order valence-corrected chi connectivity index (χ0v) is 18.0. The van der Waals surface area contributed by atoms with Gasteiger partial charge in [0.15, 0.2) is 6.61 Å².